The normalized spacial score (nSPS) is 12.1. The Morgan fingerprint density at radius 2 is 1.93 bits per heavy atom. The van der Waals surface area contributed by atoms with Crippen molar-refractivity contribution in [2.75, 3.05) is 6.16 Å². The summed E-state index contributed by atoms with van der Waals surface area (Å²) < 4.78 is 0. The van der Waals surface area contributed by atoms with Crippen LogP contribution < -0.4 is 5.30 Å². The summed E-state index contributed by atoms with van der Waals surface area (Å²) in [4.78, 5) is 0. The van der Waals surface area contributed by atoms with E-state index in [1.54, 1.807) is 5.30 Å². The zero-order valence-electron chi connectivity index (χ0n) is 9.14. The maximum atomic E-state index is 2.28. The van der Waals surface area contributed by atoms with Crippen LogP contribution in [0.4, 0.5) is 0 Å². The van der Waals surface area contributed by atoms with Gasteiger partial charge in [-0.3, -0.25) is 0 Å². The molecule has 0 spiro atoms. The molecule has 0 radical (unpaired) electrons. The Bertz CT molecular complexity index is 258. The van der Waals surface area contributed by atoms with Crippen LogP contribution >= 0.6 is 16.5 Å². The van der Waals surface area contributed by atoms with E-state index in [0.29, 0.717) is 0 Å². The summed E-state index contributed by atoms with van der Waals surface area (Å²) in [5, 5.41) is 1.57. The molecule has 1 aromatic rings. The van der Waals surface area contributed by atoms with Crippen molar-refractivity contribution >= 4 is 21.8 Å². The Morgan fingerprint density at radius 3 is 2.64 bits per heavy atom. The molecule has 0 fully saturated rings. The van der Waals surface area contributed by atoms with Crippen LogP contribution in [0, 0.1) is 6.92 Å². The summed E-state index contributed by atoms with van der Waals surface area (Å²) in [6.07, 6.45) is 5.61. The van der Waals surface area contributed by atoms with Crippen molar-refractivity contribution in [3.63, 3.8) is 0 Å². The Hall–Kier alpha value is 0.0800. The van der Waals surface area contributed by atoms with Gasteiger partial charge >= 0.3 is 0 Å². The molecule has 0 aliphatic carbocycles. The Morgan fingerprint density at radius 1 is 1.14 bits per heavy atom. The molecule has 0 aliphatic rings. The van der Waals surface area contributed by atoms with Gasteiger partial charge in [-0.2, -0.15) is 0 Å². The van der Waals surface area contributed by atoms with Crippen molar-refractivity contribution in [3.05, 3.63) is 29.8 Å². The predicted octanol–water partition coefficient (Wildman–Crippen LogP) is 4.08. The summed E-state index contributed by atoms with van der Waals surface area (Å²) in [6.45, 7) is 4.49. The quantitative estimate of drug-likeness (QED) is 0.506. The maximum Gasteiger partial charge on any atom is -0.0201 e. The molecule has 14 heavy (non-hydrogen) atoms. The highest BCUT2D eigenvalue weighted by atomic mass is 32.0. The molecule has 1 aromatic carbocycles. The first-order chi connectivity index (χ1) is 6.84. The van der Waals surface area contributed by atoms with Crippen molar-refractivity contribution in [3.8, 4) is 0 Å². The molecule has 2 heteroatoms. The average Bonchev–Trinajstić information content (AvgIpc) is 2.20. The highest BCUT2D eigenvalue weighted by molar-refractivity contribution is 8.15. The molecule has 0 amide bonds. The van der Waals surface area contributed by atoms with E-state index in [0.717, 1.165) is 16.5 Å². The molecule has 1 rings (SSSR count). The van der Waals surface area contributed by atoms with Gasteiger partial charge in [-0.05, 0) is 30.4 Å². The first kappa shape index (κ1) is 12.2. The number of rotatable bonds is 6. The maximum absolute atomic E-state index is 2.28. The minimum Gasteiger partial charge on any atom is -0.0946 e. The lowest BCUT2D eigenvalue weighted by Crippen LogP contribution is -1.96. The molecule has 0 nitrogen and oxygen atoms in total. The van der Waals surface area contributed by atoms with Gasteiger partial charge in [0.15, 0.2) is 0 Å². The minimum atomic E-state index is 1.04. The van der Waals surface area contributed by atoms with Crippen molar-refractivity contribution < 1.29 is 0 Å². The van der Waals surface area contributed by atoms with Crippen LogP contribution in [0.2, 0.25) is 0 Å². The second kappa shape index (κ2) is 7.38. The Kier molecular flexibility index (Phi) is 6.41. The van der Waals surface area contributed by atoms with Gasteiger partial charge in [-0.25, -0.2) is 0 Å². The fourth-order valence-electron chi connectivity index (χ4n) is 1.33. The SMILES string of the molecule is CCCCCPPc1ccccc1C. The largest absolute Gasteiger partial charge is 0.0946 e. The minimum absolute atomic E-state index is 1.04. The lowest BCUT2D eigenvalue weighted by Gasteiger charge is -2.05. The molecule has 0 aromatic heterocycles. The van der Waals surface area contributed by atoms with E-state index in [4.69, 9.17) is 0 Å². The number of unbranched alkanes of at least 4 members (excludes halogenated alkanes) is 2. The van der Waals surface area contributed by atoms with Gasteiger partial charge in [-0.1, -0.05) is 60.6 Å². The lowest BCUT2D eigenvalue weighted by molar-refractivity contribution is 0.778. The van der Waals surface area contributed by atoms with Crippen molar-refractivity contribution in [1.29, 1.82) is 0 Å². The van der Waals surface area contributed by atoms with Crippen LogP contribution in [-0.4, -0.2) is 6.16 Å². The van der Waals surface area contributed by atoms with Crippen LogP contribution in [-0.2, 0) is 0 Å². The topological polar surface area (TPSA) is 0 Å². The number of hydrogen-bond acceptors (Lipinski definition) is 0. The number of benzene rings is 1. The van der Waals surface area contributed by atoms with Crippen LogP contribution in [0.25, 0.3) is 0 Å². The van der Waals surface area contributed by atoms with E-state index < -0.39 is 0 Å². The van der Waals surface area contributed by atoms with Crippen LogP contribution in [0.5, 0.6) is 0 Å². The fraction of sp³-hybridized carbons (Fsp3) is 0.500. The van der Waals surface area contributed by atoms with Gasteiger partial charge in [0, 0.05) is 0 Å². The molecule has 2 unspecified atom stereocenters. The standard InChI is InChI=1S/C12H20P2/c1-3-4-7-10-13-14-12-9-6-5-8-11(12)2/h5-6,8-9,13-14H,3-4,7,10H2,1-2H3. The average molecular weight is 226 g/mol. The van der Waals surface area contributed by atoms with Gasteiger partial charge in [-0.15, -0.1) is 0 Å². The first-order valence-corrected chi connectivity index (χ1v) is 8.60. The van der Waals surface area contributed by atoms with E-state index in [-0.39, 0.29) is 0 Å². The molecule has 2 atom stereocenters. The van der Waals surface area contributed by atoms with E-state index in [9.17, 15) is 0 Å². The van der Waals surface area contributed by atoms with E-state index >= 15 is 0 Å². The molecule has 0 saturated heterocycles. The van der Waals surface area contributed by atoms with Crippen LogP contribution in [0.1, 0.15) is 31.7 Å². The van der Waals surface area contributed by atoms with Crippen molar-refractivity contribution in [2.45, 2.75) is 33.1 Å². The third kappa shape index (κ3) is 4.54. The second-order valence-corrected chi connectivity index (χ2v) is 7.03. The highest BCUT2D eigenvalue weighted by Crippen LogP contribution is 2.37. The molecule has 0 bridgehead atoms. The zero-order valence-corrected chi connectivity index (χ0v) is 11.1. The molecule has 0 aliphatic heterocycles. The molecule has 0 saturated carbocycles. The van der Waals surface area contributed by atoms with Gasteiger partial charge in [0.05, 0.1) is 0 Å². The Labute approximate surface area is 91.3 Å². The predicted molar refractivity (Wildman–Crippen MR) is 71.8 cm³/mol. The smallest absolute Gasteiger partial charge is 0.0201 e. The molecular formula is C12H20P2. The van der Waals surface area contributed by atoms with Crippen LogP contribution in [0.3, 0.4) is 0 Å². The summed E-state index contributed by atoms with van der Waals surface area (Å²) >= 11 is 0. The third-order valence-electron chi connectivity index (χ3n) is 2.27. The van der Waals surface area contributed by atoms with Gasteiger partial charge in [0.1, 0.15) is 0 Å². The van der Waals surface area contributed by atoms with Gasteiger partial charge in [0.25, 0.3) is 0 Å². The van der Waals surface area contributed by atoms with Crippen molar-refractivity contribution in [2.24, 2.45) is 0 Å². The van der Waals surface area contributed by atoms with E-state index in [1.165, 1.54) is 31.0 Å². The first-order valence-electron chi connectivity index (χ1n) is 5.39. The summed E-state index contributed by atoms with van der Waals surface area (Å²) in [6, 6.07) is 8.79. The molecular weight excluding hydrogens is 206 g/mol. The van der Waals surface area contributed by atoms with Gasteiger partial charge in [0.2, 0.25) is 0 Å². The lowest BCUT2D eigenvalue weighted by atomic mass is 10.2. The third-order valence-corrected chi connectivity index (χ3v) is 5.97. The number of aryl methyl sites for hydroxylation is 1. The van der Waals surface area contributed by atoms with Crippen molar-refractivity contribution in [1.82, 2.24) is 0 Å². The van der Waals surface area contributed by atoms with E-state index in [1.807, 2.05) is 0 Å². The second-order valence-electron chi connectivity index (χ2n) is 3.57. The zero-order chi connectivity index (χ0) is 10.2. The molecule has 0 N–H and O–H groups in total. The summed E-state index contributed by atoms with van der Waals surface area (Å²) in [7, 11) is 2.19. The fourth-order valence-corrected chi connectivity index (χ4v) is 4.85. The molecule has 78 valence electrons. The monoisotopic (exact) mass is 226 g/mol. The summed E-state index contributed by atoms with van der Waals surface area (Å²) in [5.41, 5.74) is 1.47. The van der Waals surface area contributed by atoms with Gasteiger partial charge < -0.3 is 0 Å². The van der Waals surface area contributed by atoms with Crippen LogP contribution in [0.15, 0.2) is 24.3 Å². The Balaban J connectivity index is 2.21. The molecule has 0 heterocycles. The van der Waals surface area contributed by atoms with E-state index in [2.05, 4.69) is 38.1 Å². The number of hydrogen-bond donors (Lipinski definition) is 0. The highest BCUT2D eigenvalue weighted by Gasteiger charge is 1.95. The summed E-state index contributed by atoms with van der Waals surface area (Å²) in [5.74, 6) is 0.